The van der Waals surface area contributed by atoms with Gasteiger partial charge in [0.1, 0.15) is 11.5 Å². The fourth-order valence-electron chi connectivity index (χ4n) is 3.55. The SMILES string of the molecule is COc1ccc(OC)c2c1CCN2C[C@H]1CCCN1C. The second kappa shape index (κ2) is 5.52. The lowest BCUT2D eigenvalue weighted by Crippen LogP contribution is -2.37. The van der Waals surface area contributed by atoms with Gasteiger partial charge in [-0.1, -0.05) is 0 Å². The average molecular weight is 276 g/mol. The van der Waals surface area contributed by atoms with Crippen LogP contribution in [-0.4, -0.2) is 51.8 Å². The van der Waals surface area contributed by atoms with E-state index in [1.165, 1.54) is 30.6 Å². The van der Waals surface area contributed by atoms with Gasteiger partial charge in [-0.2, -0.15) is 0 Å². The first-order valence-electron chi connectivity index (χ1n) is 7.43. The van der Waals surface area contributed by atoms with Crippen molar-refractivity contribution in [3.63, 3.8) is 0 Å². The van der Waals surface area contributed by atoms with Crippen molar-refractivity contribution in [1.82, 2.24) is 4.90 Å². The van der Waals surface area contributed by atoms with Gasteiger partial charge in [0, 0.05) is 24.7 Å². The van der Waals surface area contributed by atoms with E-state index in [0.717, 1.165) is 31.0 Å². The second-order valence-corrected chi connectivity index (χ2v) is 5.77. The molecule has 0 N–H and O–H groups in total. The number of hydrogen-bond acceptors (Lipinski definition) is 4. The molecule has 0 unspecified atom stereocenters. The summed E-state index contributed by atoms with van der Waals surface area (Å²) in [6, 6.07) is 4.70. The fourth-order valence-corrected chi connectivity index (χ4v) is 3.55. The number of likely N-dealkylation sites (tertiary alicyclic amines) is 1. The molecule has 0 saturated carbocycles. The van der Waals surface area contributed by atoms with Crippen LogP contribution in [0.4, 0.5) is 5.69 Å². The highest BCUT2D eigenvalue weighted by Crippen LogP contribution is 2.42. The quantitative estimate of drug-likeness (QED) is 0.841. The number of rotatable bonds is 4. The molecule has 2 aliphatic heterocycles. The van der Waals surface area contributed by atoms with Crippen LogP contribution < -0.4 is 14.4 Å². The molecule has 1 aromatic carbocycles. The number of ether oxygens (including phenoxy) is 2. The molecule has 3 rings (SSSR count). The summed E-state index contributed by atoms with van der Waals surface area (Å²) in [5.41, 5.74) is 2.54. The topological polar surface area (TPSA) is 24.9 Å². The summed E-state index contributed by atoms with van der Waals surface area (Å²) < 4.78 is 11.1. The summed E-state index contributed by atoms with van der Waals surface area (Å²) in [4.78, 5) is 4.95. The van der Waals surface area contributed by atoms with Crippen LogP contribution in [0.1, 0.15) is 18.4 Å². The molecule has 0 aromatic heterocycles. The summed E-state index contributed by atoms with van der Waals surface area (Å²) >= 11 is 0. The second-order valence-electron chi connectivity index (χ2n) is 5.77. The molecular weight excluding hydrogens is 252 g/mol. The zero-order chi connectivity index (χ0) is 14.1. The standard InChI is InChI=1S/C16H24N2O2/c1-17-9-4-5-12(17)11-18-10-8-13-14(19-2)6-7-15(20-3)16(13)18/h6-7,12H,4-5,8-11H2,1-3H3/t12-/m1/s1. The molecule has 2 aliphatic rings. The number of fused-ring (bicyclic) bond motifs is 1. The number of likely N-dealkylation sites (N-methyl/N-ethyl adjacent to an activating group) is 1. The molecule has 0 amide bonds. The Labute approximate surface area is 121 Å². The van der Waals surface area contributed by atoms with E-state index >= 15 is 0 Å². The van der Waals surface area contributed by atoms with Crippen LogP contribution in [0.25, 0.3) is 0 Å². The van der Waals surface area contributed by atoms with Gasteiger partial charge in [0.25, 0.3) is 0 Å². The number of hydrogen-bond donors (Lipinski definition) is 0. The van der Waals surface area contributed by atoms with E-state index in [1.54, 1.807) is 14.2 Å². The molecule has 1 aromatic rings. The molecule has 4 nitrogen and oxygen atoms in total. The Morgan fingerprint density at radius 3 is 2.55 bits per heavy atom. The molecule has 1 saturated heterocycles. The number of benzene rings is 1. The van der Waals surface area contributed by atoms with Gasteiger partial charge in [0.2, 0.25) is 0 Å². The zero-order valence-corrected chi connectivity index (χ0v) is 12.7. The third kappa shape index (κ3) is 2.22. The first-order chi connectivity index (χ1) is 9.74. The normalized spacial score (nSPS) is 22.1. The van der Waals surface area contributed by atoms with E-state index in [2.05, 4.69) is 16.8 Å². The predicted octanol–water partition coefficient (Wildman–Crippen LogP) is 2.16. The molecule has 0 bridgehead atoms. The maximum atomic E-state index is 5.57. The van der Waals surface area contributed by atoms with Crippen molar-refractivity contribution in [3.8, 4) is 11.5 Å². The minimum Gasteiger partial charge on any atom is -0.496 e. The van der Waals surface area contributed by atoms with Gasteiger partial charge in [0.15, 0.2) is 0 Å². The highest BCUT2D eigenvalue weighted by molar-refractivity contribution is 5.71. The van der Waals surface area contributed by atoms with E-state index in [0.29, 0.717) is 6.04 Å². The van der Waals surface area contributed by atoms with Crippen LogP contribution in [0.5, 0.6) is 11.5 Å². The lowest BCUT2D eigenvalue weighted by atomic mass is 10.1. The maximum Gasteiger partial charge on any atom is 0.142 e. The highest BCUT2D eigenvalue weighted by Gasteiger charge is 2.30. The molecule has 2 heterocycles. The van der Waals surface area contributed by atoms with E-state index in [9.17, 15) is 0 Å². The van der Waals surface area contributed by atoms with Crippen LogP contribution >= 0.6 is 0 Å². The molecule has 1 atom stereocenters. The molecule has 110 valence electrons. The van der Waals surface area contributed by atoms with Gasteiger partial charge in [-0.25, -0.2) is 0 Å². The smallest absolute Gasteiger partial charge is 0.142 e. The molecule has 4 heteroatoms. The monoisotopic (exact) mass is 276 g/mol. The Kier molecular flexibility index (Phi) is 3.74. The van der Waals surface area contributed by atoms with Crippen molar-refractivity contribution in [2.75, 3.05) is 45.8 Å². The van der Waals surface area contributed by atoms with Crippen molar-refractivity contribution in [2.24, 2.45) is 0 Å². The van der Waals surface area contributed by atoms with Crippen LogP contribution in [0, 0.1) is 0 Å². The lowest BCUT2D eigenvalue weighted by Gasteiger charge is -2.28. The Hall–Kier alpha value is -1.42. The Morgan fingerprint density at radius 1 is 1.15 bits per heavy atom. The van der Waals surface area contributed by atoms with Gasteiger partial charge in [-0.3, -0.25) is 0 Å². The third-order valence-electron chi connectivity index (χ3n) is 4.69. The van der Waals surface area contributed by atoms with Crippen LogP contribution in [0.2, 0.25) is 0 Å². The van der Waals surface area contributed by atoms with Gasteiger partial charge < -0.3 is 19.3 Å². The molecule has 1 fully saturated rings. The highest BCUT2D eigenvalue weighted by atomic mass is 16.5. The predicted molar refractivity (Wildman–Crippen MR) is 81.1 cm³/mol. The molecule has 0 radical (unpaired) electrons. The third-order valence-corrected chi connectivity index (χ3v) is 4.69. The number of nitrogens with zero attached hydrogens (tertiary/aromatic N) is 2. The number of anilines is 1. The van der Waals surface area contributed by atoms with E-state index < -0.39 is 0 Å². The van der Waals surface area contributed by atoms with Gasteiger partial charge in [-0.05, 0) is 45.0 Å². The van der Waals surface area contributed by atoms with E-state index in [-0.39, 0.29) is 0 Å². The minimum atomic E-state index is 0.664. The molecule has 0 spiro atoms. The van der Waals surface area contributed by atoms with Gasteiger partial charge >= 0.3 is 0 Å². The molecular formula is C16H24N2O2. The Morgan fingerprint density at radius 2 is 1.90 bits per heavy atom. The lowest BCUT2D eigenvalue weighted by molar-refractivity contribution is 0.312. The van der Waals surface area contributed by atoms with E-state index in [1.807, 2.05) is 12.1 Å². The van der Waals surface area contributed by atoms with Crippen molar-refractivity contribution in [3.05, 3.63) is 17.7 Å². The average Bonchev–Trinajstić information content (AvgIpc) is 3.06. The minimum absolute atomic E-state index is 0.664. The summed E-state index contributed by atoms with van der Waals surface area (Å²) in [5.74, 6) is 1.96. The fraction of sp³-hybridized carbons (Fsp3) is 0.625. The summed E-state index contributed by atoms with van der Waals surface area (Å²) in [5, 5.41) is 0. The summed E-state index contributed by atoms with van der Waals surface area (Å²) in [6.45, 7) is 3.38. The maximum absolute atomic E-state index is 5.57. The largest absolute Gasteiger partial charge is 0.496 e. The van der Waals surface area contributed by atoms with Crippen LogP contribution in [0.3, 0.4) is 0 Å². The Balaban J connectivity index is 1.88. The Bertz CT molecular complexity index is 490. The van der Waals surface area contributed by atoms with E-state index in [4.69, 9.17) is 9.47 Å². The summed E-state index contributed by atoms with van der Waals surface area (Å²) in [6.07, 6.45) is 3.66. The van der Waals surface area contributed by atoms with Crippen LogP contribution in [-0.2, 0) is 6.42 Å². The first-order valence-corrected chi connectivity index (χ1v) is 7.43. The van der Waals surface area contributed by atoms with Crippen molar-refractivity contribution in [1.29, 1.82) is 0 Å². The van der Waals surface area contributed by atoms with Gasteiger partial charge in [-0.15, -0.1) is 0 Å². The molecule has 0 aliphatic carbocycles. The van der Waals surface area contributed by atoms with Crippen LogP contribution in [0.15, 0.2) is 12.1 Å². The zero-order valence-electron chi connectivity index (χ0n) is 12.7. The first kappa shape index (κ1) is 13.6. The summed E-state index contributed by atoms with van der Waals surface area (Å²) in [7, 11) is 5.73. The molecule has 20 heavy (non-hydrogen) atoms. The number of methoxy groups -OCH3 is 2. The van der Waals surface area contributed by atoms with Crippen molar-refractivity contribution < 1.29 is 9.47 Å². The van der Waals surface area contributed by atoms with Gasteiger partial charge in [0.05, 0.1) is 19.9 Å². The van der Waals surface area contributed by atoms with Crippen molar-refractivity contribution in [2.45, 2.75) is 25.3 Å². The van der Waals surface area contributed by atoms with Crippen molar-refractivity contribution >= 4 is 5.69 Å².